The molecule has 0 spiro atoms. The lowest BCUT2D eigenvalue weighted by molar-refractivity contribution is 0.0143. The maximum Gasteiger partial charge on any atom is 0.193 e. The van der Waals surface area contributed by atoms with Crippen molar-refractivity contribution in [2.24, 2.45) is 10.9 Å². The summed E-state index contributed by atoms with van der Waals surface area (Å²) in [5.41, 5.74) is 0. The second kappa shape index (κ2) is 8.83. The molecular formula is C20H26BrClN2O4S. The van der Waals surface area contributed by atoms with Gasteiger partial charge in [0.05, 0.1) is 28.3 Å². The van der Waals surface area contributed by atoms with E-state index in [9.17, 15) is 8.42 Å². The molecule has 2 fully saturated rings. The molecule has 160 valence electrons. The third kappa shape index (κ3) is 4.98. The smallest absolute Gasteiger partial charge is 0.193 e. The molecule has 3 unspecified atom stereocenters. The van der Waals surface area contributed by atoms with Crippen molar-refractivity contribution in [1.29, 1.82) is 0 Å². The number of hydrogen-bond acceptors (Lipinski definition) is 6. The predicted molar refractivity (Wildman–Crippen MR) is 118 cm³/mol. The molecule has 2 aliphatic carbocycles. The molecule has 0 N–H and O–H groups in total. The number of sulfone groups is 1. The van der Waals surface area contributed by atoms with E-state index < -0.39 is 9.84 Å². The number of hydrogen-bond donors (Lipinski definition) is 0. The molecule has 4 aliphatic rings. The first-order chi connectivity index (χ1) is 13.8. The number of rotatable bonds is 5. The van der Waals surface area contributed by atoms with E-state index in [0.717, 1.165) is 38.8 Å². The Morgan fingerprint density at radius 1 is 1.24 bits per heavy atom. The van der Waals surface area contributed by atoms with Crippen LogP contribution in [0.5, 0.6) is 0 Å². The number of aliphatic imine (C=N–C) groups is 1. The van der Waals surface area contributed by atoms with Gasteiger partial charge in [-0.3, -0.25) is 0 Å². The fourth-order valence-electron chi connectivity index (χ4n) is 3.74. The van der Waals surface area contributed by atoms with Crippen molar-refractivity contribution in [2.45, 2.75) is 62.6 Å². The first-order valence-corrected chi connectivity index (χ1v) is 12.8. The number of nitrogens with zero attached hydrogens (tertiary/aromatic N) is 2. The van der Waals surface area contributed by atoms with E-state index in [1.54, 1.807) is 18.4 Å². The summed E-state index contributed by atoms with van der Waals surface area (Å²) in [6, 6.07) is 0. The van der Waals surface area contributed by atoms with Gasteiger partial charge in [0.1, 0.15) is 6.10 Å². The first kappa shape index (κ1) is 21.6. The lowest BCUT2D eigenvalue weighted by atomic mass is 10.0. The van der Waals surface area contributed by atoms with Gasteiger partial charge in [-0.15, -0.1) is 0 Å². The molecule has 4 rings (SSSR count). The number of allylic oxidation sites excluding steroid dienone is 1. The van der Waals surface area contributed by atoms with Crippen LogP contribution < -0.4 is 0 Å². The molecule has 0 aromatic heterocycles. The molecule has 2 aliphatic heterocycles. The lowest BCUT2D eigenvalue weighted by Crippen LogP contribution is -2.38. The van der Waals surface area contributed by atoms with Crippen LogP contribution in [0.1, 0.15) is 39.0 Å². The van der Waals surface area contributed by atoms with Crippen molar-refractivity contribution >= 4 is 43.5 Å². The molecule has 29 heavy (non-hydrogen) atoms. The van der Waals surface area contributed by atoms with Crippen LogP contribution in [0.4, 0.5) is 0 Å². The van der Waals surface area contributed by atoms with Gasteiger partial charge in [0.2, 0.25) is 0 Å². The Balaban J connectivity index is 1.35. The minimum Gasteiger partial charge on any atom is -0.477 e. The number of piperidine rings is 1. The molecule has 0 aromatic carbocycles. The monoisotopic (exact) mass is 504 g/mol. The van der Waals surface area contributed by atoms with Crippen LogP contribution in [0.2, 0.25) is 0 Å². The topological polar surface area (TPSA) is 68.2 Å². The molecule has 9 heteroatoms. The van der Waals surface area contributed by atoms with E-state index >= 15 is 0 Å². The summed E-state index contributed by atoms with van der Waals surface area (Å²) < 4.78 is 39.4. The van der Waals surface area contributed by atoms with Gasteiger partial charge in [-0.2, -0.15) is 0 Å². The van der Waals surface area contributed by atoms with Gasteiger partial charge in [0, 0.05) is 40.5 Å². The molecule has 6 nitrogen and oxygen atoms in total. The summed E-state index contributed by atoms with van der Waals surface area (Å²) in [5.74, 6) is 0.654. The SMILES string of the molecule is CC1C(OC2CCN(Br)CC2)=NC=CC1OC1CC=C(S(=O)(=O)C2CC2)C=C1Cl. The van der Waals surface area contributed by atoms with Gasteiger partial charge in [-0.05, 0) is 44.3 Å². The zero-order chi connectivity index (χ0) is 20.6. The summed E-state index contributed by atoms with van der Waals surface area (Å²) >= 11 is 9.92. The number of ether oxygens (including phenoxy) is 2. The van der Waals surface area contributed by atoms with Crippen molar-refractivity contribution < 1.29 is 17.9 Å². The Morgan fingerprint density at radius 3 is 2.62 bits per heavy atom. The standard InChI is InChI=1S/C20H26BrClN2O4S/c1-13-18(6-9-23-20(13)27-14-7-10-24(21)11-8-14)28-19-5-4-16(12-17(19)22)29(25,26)15-2-3-15/h4,6,9,12-15,18-19H,2-3,5,7-8,10-11H2,1H3. The Hall–Kier alpha value is -0.670. The van der Waals surface area contributed by atoms with Gasteiger partial charge >= 0.3 is 0 Å². The fraction of sp³-hybridized carbons (Fsp3) is 0.650. The highest BCUT2D eigenvalue weighted by Crippen LogP contribution is 2.37. The van der Waals surface area contributed by atoms with E-state index in [-0.39, 0.29) is 29.5 Å². The Morgan fingerprint density at radius 2 is 1.97 bits per heavy atom. The molecule has 1 saturated carbocycles. The maximum absolute atomic E-state index is 12.4. The molecule has 2 heterocycles. The van der Waals surface area contributed by atoms with Gasteiger partial charge < -0.3 is 9.47 Å². The Labute approximate surface area is 185 Å². The van der Waals surface area contributed by atoms with Gasteiger partial charge in [-0.1, -0.05) is 24.6 Å². The molecule has 0 bridgehead atoms. The lowest BCUT2D eigenvalue weighted by Gasteiger charge is -2.33. The van der Waals surface area contributed by atoms with Crippen LogP contribution >= 0.6 is 27.7 Å². The summed E-state index contributed by atoms with van der Waals surface area (Å²) in [4.78, 5) is 4.76. The van der Waals surface area contributed by atoms with Crippen LogP contribution in [0, 0.1) is 5.92 Å². The molecular weight excluding hydrogens is 480 g/mol. The molecule has 0 amide bonds. The summed E-state index contributed by atoms with van der Waals surface area (Å²) in [6.07, 6.45) is 10.3. The van der Waals surface area contributed by atoms with E-state index in [2.05, 4.69) is 25.1 Å². The van der Waals surface area contributed by atoms with Gasteiger partial charge in [0.15, 0.2) is 15.7 Å². The van der Waals surface area contributed by atoms with Crippen molar-refractivity contribution in [2.75, 3.05) is 13.1 Å². The summed E-state index contributed by atoms with van der Waals surface area (Å²) in [7, 11) is -3.23. The fourth-order valence-corrected chi connectivity index (χ4v) is 6.24. The van der Waals surface area contributed by atoms with Crippen LogP contribution in [0.25, 0.3) is 0 Å². The zero-order valence-electron chi connectivity index (χ0n) is 16.3. The largest absolute Gasteiger partial charge is 0.477 e. The van der Waals surface area contributed by atoms with E-state index in [0.29, 0.717) is 22.3 Å². The van der Waals surface area contributed by atoms with E-state index in [4.69, 9.17) is 21.1 Å². The molecule has 3 atom stereocenters. The predicted octanol–water partition coefficient (Wildman–Crippen LogP) is 4.08. The van der Waals surface area contributed by atoms with Crippen LogP contribution in [-0.4, -0.2) is 54.9 Å². The minimum atomic E-state index is -3.23. The summed E-state index contributed by atoms with van der Waals surface area (Å²) in [5, 5.41) is 0.197. The van der Waals surface area contributed by atoms with Crippen molar-refractivity contribution in [1.82, 2.24) is 3.93 Å². The Bertz CT molecular complexity index is 858. The van der Waals surface area contributed by atoms with Crippen LogP contribution in [0.15, 0.2) is 39.4 Å². The third-order valence-electron chi connectivity index (χ3n) is 5.77. The molecule has 0 aromatic rings. The highest BCUT2D eigenvalue weighted by atomic mass is 79.9. The second-order valence-electron chi connectivity index (χ2n) is 8.03. The maximum atomic E-state index is 12.4. The Kier molecular flexibility index (Phi) is 6.56. The van der Waals surface area contributed by atoms with Crippen molar-refractivity contribution in [3.8, 4) is 0 Å². The average molecular weight is 506 g/mol. The number of halogens is 2. The average Bonchev–Trinajstić information content (AvgIpc) is 3.54. The quantitative estimate of drug-likeness (QED) is 0.527. The second-order valence-corrected chi connectivity index (χ2v) is 11.7. The first-order valence-electron chi connectivity index (χ1n) is 10.1. The highest BCUT2D eigenvalue weighted by Gasteiger charge is 2.39. The van der Waals surface area contributed by atoms with Gasteiger partial charge in [0.25, 0.3) is 0 Å². The van der Waals surface area contributed by atoms with Crippen LogP contribution in [0.3, 0.4) is 0 Å². The minimum absolute atomic E-state index is 0.0351. The zero-order valence-corrected chi connectivity index (χ0v) is 19.5. The van der Waals surface area contributed by atoms with Crippen molar-refractivity contribution in [3.63, 3.8) is 0 Å². The molecule has 0 radical (unpaired) electrons. The third-order valence-corrected chi connectivity index (χ3v) is 9.12. The summed E-state index contributed by atoms with van der Waals surface area (Å²) in [6.45, 7) is 3.93. The van der Waals surface area contributed by atoms with Crippen molar-refractivity contribution in [3.05, 3.63) is 34.4 Å². The van der Waals surface area contributed by atoms with Gasteiger partial charge in [-0.25, -0.2) is 17.3 Å². The molecule has 1 saturated heterocycles. The van der Waals surface area contributed by atoms with Crippen LogP contribution in [-0.2, 0) is 19.3 Å². The van der Waals surface area contributed by atoms with E-state index in [1.165, 1.54) is 0 Å². The highest BCUT2D eigenvalue weighted by molar-refractivity contribution is 9.07. The normalized spacial score (nSPS) is 31.8. The van der Waals surface area contributed by atoms with E-state index in [1.807, 2.05) is 13.0 Å².